The second-order valence-corrected chi connectivity index (χ2v) is 10.2. The fourth-order valence-electron chi connectivity index (χ4n) is 6.79. The van der Waals surface area contributed by atoms with Crippen LogP contribution in [-0.2, 0) is 9.59 Å². The topological polar surface area (TPSA) is 54.4 Å². The number of carbonyl (C=O) groups is 2. The molecule has 0 aromatic carbocycles. The van der Waals surface area contributed by atoms with E-state index in [1.165, 1.54) is 6.92 Å². The van der Waals surface area contributed by atoms with Crippen molar-refractivity contribution in [1.29, 1.82) is 0 Å². The number of carbonyl (C=O) groups excluding carboxylic acids is 2. The summed E-state index contributed by atoms with van der Waals surface area (Å²) in [5.41, 5.74) is -0.666. The lowest BCUT2D eigenvalue weighted by Crippen LogP contribution is -2.57. The molecule has 2 saturated carbocycles. The minimum Gasteiger partial charge on any atom is -0.382 e. The fraction of sp³-hybridized carbons (Fsp3) is 0.565. The third-order valence-electron chi connectivity index (χ3n) is 8.59. The lowest BCUT2D eigenvalue weighted by atomic mass is 9.47. The van der Waals surface area contributed by atoms with E-state index in [1.54, 1.807) is 0 Å². The first-order chi connectivity index (χ1) is 12.9. The molecule has 0 amide bonds. The summed E-state index contributed by atoms with van der Waals surface area (Å²) in [6.45, 7) is 13.8. The Morgan fingerprint density at radius 2 is 1.79 bits per heavy atom. The number of allylic oxidation sites excluding steroid dienone is 6. The molecule has 0 aromatic heterocycles. The number of Topliss-reactive ketones (excluding diaryl/α,β-unsaturated/α-hetero) is 2. The largest absolute Gasteiger partial charge is 0.382 e. The van der Waals surface area contributed by atoms with Crippen LogP contribution >= 0.6 is 23.2 Å². The van der Waals surface area contributed by atoms with E-state index in [1.807, 2.05) is 13.0 Å². The Labute approximate surface area is 176 Å². The molecular formula is C23H26Cl2O3. The third-order valence-corrected chi connectivity index (χ3v) is 9.26. The number of ketones is 2. The second-order valence-electron chi connectivity index (χ2n) is 9.39. The van der Waals surface area contributed by atoms with Crippen molar-refractivity contribution < 1.29 is 14.7 Å². The Morgan fingerprint density at radius 3 is 2.39 bits per heavy atom. The van der Waals surface area contributed by atoms with E-state index < -0.39 is 16.4 Å². The van der Waals surface area contributed by atoms with E-state index in [2.05, 4.69) is 20.1 Å². The van der Waals surface area contributed by atoms with Crippen molar-refractivity contribution in [3.63, 3.8) is 0 Å². The number of aliphatic hydroxyl groups is 1. The van der Waals surface area contributed by atoms with Crippen LogP contribution in [0.15, 0.2) is 46.0 Å². The molecule has 4 aliphatic rings. The molecule has 28 heavy (non-hydrogen) atoms. The molecule has 0 spiro atoms. The summed E-state index contributed by atoms with van der Waals surface area (Å²) >= 11 is 13.2. The van der Waals surface area contributed by atoms with Crippen molar-refractivity contribution in [2.75, 3.05) is 0 Å². The molecule has 0 unspecified atom stereocenters. The van der Waals surface area contributed by atoms with Crippen LogP contribution in [-0.4, -0.2) is 22.3 Å². The number of halogens is 2. The van der Waals surface area contributed by atoms with Gasteiger partial charge in [0.15, 0.2) is 5.78 Å². The first-order valence-electron chi connectivity index (χ1n) is 9.86. The molecule has 0 aliphatic heterocycles. The van der Waals surface area contributed by atoms with Gasteiger partial charge in [-0.3, -0.25) is 9.59 Å². The highest BCUT2D eigenvalue weighted by Gasteiger charge is 2.66. The quantitative estimate of drug-likeness (QED) is 0.601. The number of hydrogen-bond donors (Lipinski definition) is 1. The summed E-state index contributed by atoms with van der Waals surface area (Å²) in [6.07, 6.45) is 4.77. The van der Waals surface area contributed by atoms with Gasteiger partial charge in [0.1, 0.15) is 5.60 Å². The minimum atomic E-state index is -1.29. The maximum absolute atomic E-state index is 12.5. The summed E-state index contributed by atoms with van der Waals surface area (Å²) < 4.78 is 0. The van der Waals surface area contributed by atoms with Gasteiger partial charge in [0.2, 0.25) is 5.78 Å². The Balaban J connectivity index is 1.89. The Hall–Kier alpha value is -1.16. The van der Waals surface area contributed by atoms with E-state index in [0.29, 0.717) is 28.2 Å². The van der Waals surface area contributed by atoms with Crippen LogP contribution in [0.2, 0.25) is 0 Å². The average Bonchev–Trinajstić information content (AvgIpc) is 2.91. The summed E-state index contributed by atoms with van der Waals surface area (Å²) in [6, 6.07) is 0. The molecule has 1 N–H and O–H groups in total. The van der Waals surface area contributed by atoms with Gasteiger partial charge in [0.05, 0.1) is 5.03 Å². The molecule has 4 aliphatic carbocycles. The lowest BCUT2D eigenvalue weighted by molar-refractivity contribution is -0.156. The molecular weight excluding hydrogens is 395 g/mol. The SMILES string of the molecule is C=C1C(=C)[C@@]2(C)C(=C(Cl)C1=O)C(Cl)=C[C@@H]1[C@@H]2CC[C@@]2(C)[C@H]1CC[C@]2(O)C(C)=O. The van der Waals surface area contributed by atoms with Crippen molar-refractivity contribution in [3.8, 4) is 0 Å². The second kappa shape index (κ2) is 5.93. The van der Waals surface area contributed by atoms with E-state index >= 15 is 0 Å². The minimum absolute atomic E-state index is 0.0793. The van der Waals surface area contributed by atoms with Crippen molar-refractivity contribution in [1.82, 2.24) is 0 Å². The van der Waals surface area contributed by atoms with Crippen LogP contribution in [0, 0.1) is 28.6 Å². The average molecular weight is 421 g/mol. The predicted octanol–water partition coefficient (Wildman–Crippen LogP) is 5.08. The highest BCUT2D eigenvalue weighted by Crippen LogP contribution is 2.68. The van der Waals surface area contributed by atoms with Crippen molar-refractivity contribution >= 4 is 34.8 Å². The summed E-state index contributed by atoms with van der Waals surface area (Å²) in [7, 11) is 0. The molecule has 2 fully saturated rings. The number of fused-ring (bicyclic) bond motifs is 5. The molecule has 150 valence electrons. The highest BCUT2D eigenvalue weighted by atomic mass is 35.5. The first kappa shape index (κ1) is 20.1. The molecule has 0 aromatic rings. The zero-order valence-corrected chi connectivity index (χ0v) is 18.1. The zero-order chi connectivity index (χ0) is 20.8. The Kier molecular flexibility index (Phi) is 4.26. The summed E-state index contributed by atoms with van der Waals surface area (Å²) in [4.78, 5) is 24.9. The van der Waals surface area contributed by atoms with Gasteiger partial charge in [0, 0.05) is 27.0 Å². The van der Waals surface area contributed by atoms with Crippen LogP contribution in [0.5, 0.6) is 0 Å². The van der Waals surface area contributed by atoms with Gasteiger partial charge in [-0.15, -0.1) is 0 Å². The first-order valence-corrected chi connectivity index (χ1v) is 10.6. The maximum atomic E-state index is 12.5. The van der Waals surface area contributed by atoms with Crippen molar-refractivity contribution in [3.05, 3.63) is 46.0 Å². The van der Waals surface area contributed by atoms with Crippen molar-refractivity contribution in [2.24, 2.45) is 28.6 Å². The van der Waals surface area contributed by atoms with Crippen LogP contribution < -0.4 is 0 Å². The molecule has 0 bridgehead atoms. The van der Waals surface area contributed by atoms with Gasteiger partial charge in [-0.25, -0.2) is 0 Å². The van der Waals surface area contributed by atoms with E-state index in [-0.39, 0.29) is 34.4 Å². The van der Waals surface area contributed by atoms with Gasteiger partial charge in [0.25, 0.3) is 0 Å². The van der Waals surface area contributed by atoms with Gasteiger partial charge in [-0.05, 0) is 55.9 Å². The summed E-state index contributed by atoms with van der Waals surface area (Å²) in [5.74, 6) is -0.113. The summed E-state index contributed by atoms with van der Waals surface area (Å²) in [5, 5.41) is 11.9. The molecule has 0 heterocycles. The molecule has 3 nitrogen and oxygen atoms in total. The van der Waals surface area contributed by atoms with Crippen LogP contribution in [0.25, 0.3) is 0 Å². The maximum Gasteiger partial charge on any atom is 0.204 e. The molecule has 6 atom stereocenters. The highest BCUT2D eigenvalue weighted by molar-refractivity contribution is 6.48. The lowest BCUT2D eigenvalue weighted by Gasteiger charge is -2.58. The van der Waals surface area contributed by atoms with E-state index in [4.69, 9.17) is 23.2 Å². The van der Waals surface area contributed by atoms with Crippen LogP contribution in [0.3, 0.4) is 0 Å². The Bertz CT molecular complexity index is 913. The van der Waals surface area contributed by atoms with Crippen LogP contribution in [0.1, 0.15) is 46.5 Å². The molecule has 0 radical (unpaired) electrons. The van der Waals surface area contributed by atoms with E-state index in [0.717, 1.165) is 19.3 Å². The van der Waals surface area contributed by atoms with Gasteiger partial charge in [-0.1, -0.05) is 56.3 Å². The standard InChI is InChI=1S/C23H26Cl2O3/c1-11-12(2)22(5)16-6-8-21(4)15(7-9-23(21,28)13(3)26)14(16)10-17(24)18(22)19(25)20(11)27/h10,14-16,28H,1-2,6-9H2,3-5H3/t14-,15-,16-,21-,22+,23-/m0/s1. The molecule has 0 saturated heterocycles. The monoisotopic (exact) mass is 420 g/mol. The number of rotatable bonds is 1. The van der Waals surface area contributed by atoms with Crippen LogP contribution in [0.4, 0.5) is 0 Å². The van der Waals surface area contributed by atoms with Gasteiger partial charge >= 0.3 is 0 Å². The normalized spacial score (nSPS) is 45.4. The number of hydrogen-bond acceptors (Lipinski definition) is 3. The molecule has 5 heteroatoms. The fourth-order valence-corrected chi connectivity index (χ4v) is 7.68. The zero-order valence-electron chi connectivity index (χ0n) is 16.6. The van der Waals surface area contributed by atoms with Gasteiger partial charge in [-0.2, -0.15) is 0 Å². The molecule has 4 rings (SSSR count). The van der Waals surface area contributed by atoms with E-state index in [9.17, 15) is 14.7 Å². The van der Waals surface area contributed by atoms with Crippen molar-refractivity contribution in [2.45, 2.75) is 52.1 Å². The van der Waals surface area contributed by atoms with Gasteiger partial charge < -0.3 is 5.11 Å². The smallest absolute Gasteiger partial charge is 0.204 e. The predicted molar refractivity (Wildman–Crippen MR) is 111 cm³/mol. The third kappa shape index (κ3) is 2.11. The Morgan fingerprint density at radius 1 is 1.18 bits per heavy atom.